The molecule has 0 saturated carbocycles. The van der Waals surface area contributed by atoms with Crippen molar-refractivity contribution in [3.8, 4) is 0 Å². The van der Waals surface area contributed by atoms with Crippen LogP contribution >= 0.6 is 0 Å². The van der Waals surface area contributed by atoms with Crippen LogP contribution in [0.5, 0.6) is 0 Å². The summed E-state index contributed by atoms with van der Waals surface area (Å²) in [5.74, 6) is -0.956. The van der Waals surface area contributed by atoms with E-state index in [2.05, 4.69) is 0 Å². The van der Waals surface area contributed by atoms with Gasteiger partial charge >= 0.3 is 5.97 Å². The number of carboxylic acid groups (broad SMARTS) is 1. The van der Waals surface area contributed by atoms with Gasteiger partial charge in [-0.1, -0.05) is 0 Å². The molecule has 0 aromatic rings. The van der Waals surface area contributed by atoms with Crippen molar-refractivity contribution in [1.29, 1.82) is 0 Å². The van der Waals surface area contributed by atoms with E-state index in [1.165, 1.54) is 6.92 Å². The van der Waals surface area contributed by atoms with Gasteiger partial charge in [0.2, 0.25) is 0 Å². The molecule has 0 aliphatic carbocycles. The Morgan fingerprint density at radius 3 is 2.53 bits per heavy atom. The molecule has 0 saturated heterocycles. The molecule has 1 atom stereocenters. The van der Waals surface area contributed by atoms with Gasteiger partial charge in [0.1, 0.15) is 5.54 Å². The Morgan fingerprint density at radius 2 is 2.00 bits per heavy atom. The number of unbranched alkanes of at least 4 members (excludes halogenated alkanes) is 1. The average Bonchev–Trinajstić information content (AvgIpc) is 2.16. The molecule has 0 rings (SSSR count). The van der Waals surface area contributed by atoms with E-state index in [0.717, 1.165) is 12.8 Å². The summed E-state index contributed by atoms with van der Waals surface area (Å²) >= 11 is 0. The SMILES string of the molecule is COCCOCCCCC(C)(N)C(=O)O. The molecule has 5 heteroatoms. The minimum Gasteiger partial charge on any atom is -0.480 e. The first-order chi connectivity index (χ1) is 7.00. The Bertz CT molecular complexity index is 182. The number of methoxy groups -OCH3 is 1. The van der Waals surface area contributed by atoms with Crippen molar-refractivity contribution < 1.29 is 19.4 Å². The van der Waals surface area contributed by atoms with Gasteiger partial charge in [-0.15, -0.1) is 0 Å². The molecule has 0 spiro atoms. The van der Waals surface area contributed by atoms with Crippen molar-refractivity contribution in [2.45, 2.75) is 31.7 Å². The van der Waals surface area contributed by atoms with Crippen LogP contribution in [0.2, 0.25) is 0 Å². The smallest absolute Gasteiger partial charge is 0.323 e. The Labute approximate surface area is 90.5 Å². The lowest BCUT2D eigenvalue weighted by Crippen LogP contribution is -2.44. The monoisotopic (exact) mass is 219 g/mol. The van der Waals surface area contributed by atoms with Crippen LogP contribution in [-0.4, -0.2) is 43.5 Å². The molecule has 0 radical (unpaired) electrons. The van der Waals surface area contributed by atoms with Crippen molar-refractivity contribution in [1.82, 2.24) is 0 Å². The maximum absolute atomic E-state index is 10.7. The first kappa shape index (κ1) is 14.3. The highest BCUT2D eigenvalue weighted by Crippen LogP contribution is 2.10. The molecule has 0 aliphatic heterocycles. The van der Waals surface area contributed by atoms with Crippen molar-refractivity contribution in [2.24, 2.45) is 5.73 Å². The molecule has 15 heavy (non-hydrogen) atoms. The summed E-state index contributed by atoms with van der Waals surface area (Å²) in [6.07, 6.45) is 2.05. The van der Waals surface area contributed by atoms with Gasteiger partial charge in [-0.3, -0.25) is 4.79 Å². The molecule has 0 amide bonds. The molecular weight excluding hydrogens is 198 g/mol. The Kier molecular flexibility index (Phi) is 7.29. The minimum atomic E-state index is -1.12. The average molecular weight is 219 g/mol. The van der Waals surface area contributed by atoms with Crippen molar-refractivity contribution in [3.63, 3.8) is 0 Å². The summed E-state index contributed by atoms with van der Waals surface area (Å²) in [5, 5.41) is 8.74. The fourth-order valence-corrected chi connectivity index (χ4v) is 1.05. The zero-order valence-electron chi connectivity index (χ0n) is 9.49. The highest BCUT2D eigenvalue weighted by Gasteiger charge is 2.26. The topological polar surface area (TPSA) is 81.8 Å². The molecule has 1 unspecified atom stereocenters. The molecule has 5 nitrogen and oxygen atoms in total. The Hall–Kier alpha value is -0.650. The third-order valence-electron chi connectivity index (χ3n) is 2.16. The molecule has 0 aromatic heterocycles. The molecule has 0 fully saturated rings. The van der Waals surface area contributed by atoms with Gasteiger partial charge in [0.25, 0.3) is 0 Å². The van der Waals surface area contributed by atoms with Crippen LogP contribution < -0.4 is 5.73 Å². The number of carboxylic acids is 1. The largest absolute Gasteiger partial charge is 0.480 e. The van der Waals surface area contributed by atoms with Crippen LogP contribution in [-0.2, 0) is 14.3 Å². The van der Waals surface area contributed by atoms with Crippen molar-refractivity contribution in [3.05, 3.63) is 0 Å². The van der Waals surface area contributed by atoms with Crippen LogP contribution in [0.1, 0.15) is 26.2 Å². The standard InChI is InChI=1S/C10H21NO4/c1-10(11,9(12)13)5-3-4-6-15-8-7-14-2/h3-8,11H2,1-2H3,(H,12,13). The zero-order valence-corrected chi connectivity index (χ0v) is 9.49. The van der Waals surface area contributed by atoms with Crippen LogP contribution in [0.15, 0.2) is 0 Å². The van der Waals surface area contributed by atoms with E-state index in [9.17, 15) is 4.79 Å². The number of carbonyl (C=O) groups is 1. The van der Waals surface area contributed by atoms with Crippen molar-refractivity contribution >= 4 is 5.97 Å². The molecule has 0 aliphatic rings. The predicted molar refractivity (Wildman–Crippen MR) is 56.8 cm³/mol. The predicted octanol–water partition coefficient (Wildman–Crippen LogP) is 0.622. The normalized spacial score (nSPS) is 14.9. The fraction of sp³-hybridized carbons (Fsp3) is 0.900. The fourth-order valence-electron chi connectivity index (χ4n) is 1.05. The summed E-state index contributed by atoms with van der Waals surface area (Å²) in [5.41, 5.74) is 4.44. The van der Waals surface area contributed by atoms with E-state index in [0.29, 0.717) is 26.2 Å². The molecular formula is C10H21NO4. The summed E-state index contributed by atoms with van der Waals surface area (Å²) < 4.78 is 10.0. The maximum Gasteiger partial charge on any atom is 0.323 e. The Balaban J connectivity index is 3.35. The van der Waals surface area contributed by atoms with Gasteiger partial charge < -0.3 is 20.3 Å². The highest BCUT2D eigenvalue weighted by molar-refractivity contribution is 5.77. The molecule has 90 valence electrons. The summed E-state index contributed by atoms with van der Waals surface area (Å²) in [6.45, 7) is 3.32. The number of ether oxygens (including phenoxy) is 2. The Morgan fingerprint density at radius 1 is 1.33 bits per heavy atom. The third-order valence-corrected chi connectivity index (χ3v) is 2.16. The number of nitrogens with two attached hydrogens (primary N) is 1. The third kappa shape index (κ3) is 7.30. The lowest BCUT2D eigenvalue weighted by molar-refractivity contribution is -0.142. The second-order valence-electron chi connectivity index (χ2n) is 3.78. The quantitative estimate of drug-likeness (QED) is 0.556. The van der Waals surface area contributed by atoms with Gasteiger partial charge in [-0.25, -0.2) is 0 Å². The molecule has 0 bridgehead atoms. The molecule has 3 N–H and O–H groups in total. The number of aliphatic carboxylic acids is 1. The lowest BCUT2D eigenvalue weighted by Gasteiger charge is -2.18. The van der Waals surface area contributed by atoms with Gasteiger partial charge in [0, 0.05) is 13.7 Å². The van der Waals surface area contributed by atoms with Crippen LogP contribution in [0.3, 0.4) is 0 Å². The van der Waals surface area contributed by atoms with Gasteiger partial charge in [0.15, 0.2) is 0 Å². The van der Waals surface area contributed by atoms with Crippen LogP contribution in [0, 0.1) is 0 Å². The van der Waals surface area contributed by atoms with Gasteiger partial charge in [-0.05, 0) is 26.2 Å². The maximum atomic E-state index is 10.7. The van der Waals surface area contributed by atoms with Crippen molar-refractivity contribution in [2.75, 3.05) is 26.9 Å². The van der Waals surface area contributed by atoms with E-state index < -0.39 is 11.5 Å². The molecule has 0 aromatic carbocycles. The second kappa shape index (κ2) is 7.62. The van der Waals surface area contributed by atoms with E-state index in [1.54, 1.807) is 7.11 Å². The zero-order chi connectivity index (χ0) is 11.7. The van der Waals surface area contributed by atoms with Gasteiger partial charge in [0.05, 0.1) is 13.2 Å². The highest BCUT2D eigenvalue weighted by atomic mass is 16.5. The van der Waals surface area contributed by atoms with Crippen LogP contribution in [0.25, 0.3) is 0 Å². The number of hydrogen-bond donors (Lipinski definition) is 2. The number of hydrogen-bond acceptors (Lipinski definition) is 4. The first-order valence-electron chi connectivity index (χ1n) is 5.09. The number of rotatable bonds is 9. The summed E-state index contributed by atoms with van der Waals surface area (Å²) in [6, 6.07) is 0. The van der Waals surface area contributed by atoms with E-state index in [1.807, 2.05) is 0 Å². The second-order valence-corrected chi connectivity index (χ2v) is 3.78. The van der Waals surface area contributed by atoms with E-state index in [-0.39, 0.29) is 0 Å². The minimum absolute atomic E-state index is 0.468. The van der Waals surface area contributed by atoms with Crippen LogP contribution in [0.4, 0.5) is 0 Å². The first-order valence-corrected chi connectivity index (χ1v) is 5.09. The van der Waals surface area contributed by atoms with E-state index in [4.69, 9.17) is 20.3 Å². The molecule has 0 heterocycles. The van der Waals surface area contributed by atoms with E-state index >= 15 is 0 Å². The summed E-state index contributed by atoms with van der Waals surface area (Å²) in [4.78, 5) is 10.7. The summed E-state index contributed by atoms with van der Waals surface area (Å²) in [7, 11) is 1.62. The lowest BCUT2D eigenvalue weighted by atomic mass is 9.97. The van der Waals surface area contributed by atoms with Gasteiger partial charge in [-0.2, -0.15) is 0 Å².